The smallest absolute Gasteiger partial charge is 0.287 e. The van der Waals surface area contributed by atoms with Crippen molar-refractivity contribution in [1.29, 1.82) is 0 Å². The fourth-order valence-corrected chi connectivity index (χ4v) is 2.51. The van der Waals surface area contributed by atoms with Crippen LogP contribution in [0.15, 0.2) is 34.1 Å². The van der Waals surface area contributed by atoms with Gasteiger partial charge in [0.1, 0.15) is 5.76 Å². The lowest BCUT2D eigenvalue weighted by molar-refractivity contribution is 0.0922. The molecule has 2 aromatic rings. The number of aromatic nitrogens is 2. The van der Waals surface area contributed by atoms with Crippen molar-refractivity contribution in [3.05, 3.63) is 36.0 Å². The van der Waals surface area contributed by atoms with Gasteiger partial charge in [0.05, 0.1) is 5.75 Å². The Labute approximate surface area is 115 Å². The van der Waals surface area contributed by atoms with Crippen molar-refractivity contribution in [3.63, 3.8) is 0 Å². The molecule has 0 aliphatic heterocycles. The number of rotatable bonds is 5. The third-order valence-electron chi connectivity index (χ3n) is 2.92. The number of aryl methyl sites for hydroxylation is 1. The molecule has 5 nitrogen and oxygen atoms in total. The molecule has 1 aliphatic rings. The van der Waals surface area contributed by atoms with Gasteiger partial charge in [0, 0.05) is 25.5 Å². The first-order chi connectivity index (χ1) is 9.22. The Morgan fingerprint density at radius 3 is 3.11 bits per heavy atom. The molecule has 1 fully saturated rings. The average molecular weight is 277 g/mol. The molecule has 1 aliphatic carbocycles. The van der Waals surface area contributed by atoms with Crippen LogP contribution in [0.25, 0.3) is 0 Å². The van der Waals surface area contributed by atoms with Gasteiger partial charge >= 0.3 is 0 Å². The summed E-state index contributed by atoms with van der Waals surface area (Å²) in [6, 6.07) is 3.92. The topological polar surface area (TPSA) is 60.1 Å². The molecular weight excluding hydrogens is 262 g/mol. The lowest BCUT2D eigenvalue weighted by Crippen LogP contribution is -2.24. The Balaban J connectivity index is 1.58. The minimum absolute atomic E-state index is 0.115. The molecule has 0 radical (unpaired) electrons. The number of nitrogens with one attached hydrogen (secondary N) is 1. The van der Waals surface area contributed by atoms with E-state index in [9.17, 15) is 4.79 Å². The Hall–Kier alpha value is -1.69. The Bertz CT molecular complexity index is 586. The summed E-state index contributed by atoms with van der Waals surface area (Å²) < 4.78 is 7.50. The molecule has 6 heteroatoms. The molecule has 1 N–H and O–H groups in total. The minimum atomic E-state index is -0.115. The van der Waals surface area contributed by atoms with Gasteiger partial charge in [-0.05, 0) is 25.0 Å². The first-order valence-electron chi connectivity index (χ1n) is 6.22. The van der Waals surface area contributed by atoms with E-state index in [1.54, 1.807) is 24.0 Å². The lowest BCUT2D eigenvalue weighted by Gasteiger charge is -2.00. The van der Waals surface area contributed by atoms with Crippen molar-refractivity contribution in [1.82, 2.24) is 14.9 Å². The van der Waals surface area contributed by atoms with Crippen molar-refractivity contribution in [2.24, 2.45) is 7.05 Å². The van der Waals surface area contributed by atoms with Crippen molar-refractivity contribution < 1.29 is 9.21 Å². The van der Waals surface area contributed by atoms with E-state index in [4.69, 9.17) is 4.42 Å². The molecule has 0 aromatic carbocycles. The predicted octanol–water partition coefficient (Wildman–Crippen LogP) is 2.20. The largest absolute Gasteiger partial charge is 0.455 e. The maximum absolute atomic E-state index is 11.8. The summed E-state index contributed by atoms with van der Waals surface area (Å²) in [5.74, 6) is 1.73. The zero-order valence-electron chi connectivity index (χ0n) is 10.6. The van der Waals surface area contributed by atoms with Gasteiger partial charge in [0.2, 0.25) is 0 Å². The van der Waals surface area contributed by atoms with Crippen LogP contribution in [0.2, 0.25) is 0 Å². The average Bonchev–Trinajstić information content (AvgIpc) is 2.91. The van der Waals surface area contributed by atoms with E-state index in [0.717, 1.165) is 23.8 Å². The number of amides is 1. The molecular formula is C13H15N3O2S. The van der Waals surface area contributed by atoms with Crippen LogP contribution in [-0.4, -0.2) is 21.5 Å². The summed E-state index contributed by atoms with van der Waals surface area (Å²) in [5.41, 5.74) is 0. The van der Waals surface area contributed by atoms with E-state index in [0.29, 0.717) is 17.6 Å². The molecule has 0 spiro atoms. The van der Waals surface area contributed by atoms with Crippen LogP contribution in [0.3, 0.4) is 0 Å². The molecule has 3 rings (SSSR count). The molecule has 0 bridgehead atoms. The second-order valence-electron chi connectivity index (χ2n) is 4.62. The van der Waals surface area contributed by atoms with Gasteiger partial charge in [0.15, 0.2) is 10.9 Å². The number of carbonyl (C=O) groups is 1. The molecule has 2 heterocycles. The highest BCUT2D eigenvalue weighted by atomic mass is 32.2. The zero-order chi connectivity index (χ0) is 13.2. The van der Waals surface area contributed by atoms with Crippen LogP contribution in [0.1, 0.15) is 29.2 Å². The van der Waals surface area contributed by atoms with E-state index in [2.05, 4.69) is 10.3 Å². The number of furan rings is 1. The van der Waals surface area contributed by atoms with E-state index in [-0.39, 0.29) is 5.91 Å². The van der Waals surface area contributed by atoms with Gasteiger partial charge in [-0.15, -0.1) is 0 Å². The summed E-state index contributed by atoms with van der Waals surface area (Å²) in [6.07, 6.45) is 5.82. The second kappa shape index (κ2) is 5.13. The highest BCUT2D eigenvalue weighted by molar-refractivity contribution is 7.98. The van der Waals surface area contributed by atoms with Crippen LogP contribution in [0.4, 0.5) is 0 Å². The van der Waals surface area contributed by atoms with Gasteiger partial charge < -0.3 is 14.3 Å². The van der Waals surface area contributed by atoms with E-state index in [1.165, 1.54) is 0 Å². The Morgan fingerprint density at radius 2 is 2.42 bits per heavy atom. The van der Waals surface area contributed by atoms with E-state index < -0.39 is 0 Å². The quantitative estimate of drug-likeness (QED) is 0.851. The SMILES string of the molecule is Cn1ccnc1SCc1ccc(C(=O)NC2CC2)o1. The van der Waals surface area contributed by atoms with E-state index in [1.807, 2.05) is 23.9 Å². The fourth-order valence-electron chi connectivity index (χ4n) is 1.69. The first kappa shape index (κ1) is 12.3. The van der Waals surface area contributed by atoms with Gasteiger partial charge in [0.25, 0.3) is 5.91 Å². The van der Waals surface area contributed by atoms with Gasteiger partial charge in [-0.1, -0.05) is 11.8 Å². The van der Waals surface area contributed by atoms with E-state index >= 15 is 0 Å². The van der Waals surface area contributed by atoms with Crippen molar-refractivity contribution >= 4 is 17.7 Å². The third kappa shape index (κ3) is 3.01. The minimum Gasteiger partial charge on any atom is -0.455 e. The van der Waals surface area contributed by atoms with Crippen molar-refractivity contribution in [2.45, 2.75) is 29.8 Å². The number of nitrogens with zero attached hydrogens (tertiary/aromatic N) is 2. The zero-order valence-corrected chi connectivity index (χ0v) is 11.4. The summed E-state index contributed by atoms with van der Waals surface area (Å²) in [5, 5.41) is 3.84. The molecule has 0 unspecified atom stereocenters. The third-order valence-corrected chi connectivity index (χ3v) is 4.00. The summed E-state index contributed by atoms with van der Waals surface area (Å²) in [4.78, 5) is 16.0. The van der Waals surface area contributed by atoms with Crippen LogP contribution < -0.4 is 5.32 Å². The molecule has 1 amide bonds. The lowest BCUT2D eigenvalue weighted by atomic mass is 10.4. The van der Waals surface area contributed by atoms with Crippen molar-refractivity contribution in [3.8, 4) is 0 Å². The molecule has 0 saturated heterocycles. The van der Waals surface area contributed by atoms with Crippen LogP contribution in [-0.2, 0) is 12.8 Å². The summed E-state index contributed by atoms with van der Waals surface area (Å²) in [7, 11) is 1.95. The highest BCUT2D eigenvalue weighted by Gasteiger charge is 2.25. The van der Waals surface area contributed by atoms with Crippen molar-refractivity contribution in [2.75, 3.05) is 0 Å². The molecule has 0 atom stereocenters. The van der Waals surface area contributed by atoms with Gasteiger partial charge in [-0.3, -0.25) is 4.79 Å². The maximum Gasteiger partial charge on any atom is 0.287 e. The number of carbonyl (C=O) groups excluding carboxylic acids is 1. The van der Waals surface area contributed by atoms with Gasteiger partial charge in [-0.2, -0.15) is 0 Å². The van der Waals surface area contributed by atoms with Crippen LogP contribution in [0, 0.1) is 0 Å². The highest BCUT2D eigenvalue weighted by Crippen LogP contribution is 2.23. The Kier molecular flexibility index (Phi) is 3.33. The summed E-state index contributed by atoms with van der Waals surface area (Å²) in [6.45, 7) is 0. The normalized spacial score (nSPS) is 14.6. The first-order valence-corrected chi connectivity index (χ1v) is 7.20. The number of hydrogen-bond donors (Lipinski definition) is 1. The van der Waals surface area contributed by atoms with Crippen LogP contribution in [0.5, 0.6) is 0 Å². The molecule has 100 valence electrons. The number of imidazole rings is 1. The second-order valence-corrected chi connectivity index (χ2v) is 5.57. The summed E-state index contributed by atoms with van der Waals surface area (Å²) >= 11 is 1.58. The van der Waals surface area contributed by atoms with Gasteiger partial charge in [-0.25, -0.2) is 4.98 Å². The molecule has 19 heavy (non-hydrogen) atoms. The molecule has 2 aromatic heterocycles. The Morgan fingerprint density at radius 1 is 1.58 bits per heavy atom. The monoisotopic (exact) mass is 277 g/mol. The fraction of sp³-hybridized carbons (Fsp3) is 0.385. The molecule has 1 saturated carbocycles. The number of thioether (sulfide) groups is 1. The standard InChI is InChI=1S/C13H15N3O2S/c1-16-7-6-14-13(16)19-8-10-4-5-11(18-10)12(17)15-9-2-3-9/h4-7,9H,2-3,8H2,1H3,(H,15,17). The predicted molar refractivity (Wildman–Crippen MR) is 72.0 cm³/mol. The maximum atomic E-state index is 11.8. The van der Waals surface area contributed by atoms with Crippen LogP contribution >= 0.6 is 11.8 Å². The number of hydrogen-bond acceptors (Lipinski definition) is 4.